The third-order valence-corrected chi connectivity index (χ3v) is 2.39. The van der Waals surface area contributed by atoms with Gasteiger partial charge < -0.3 is 19.5 Å². The number of halogens is 2. The normalized spacial score (nSPS) is 12.4. The van der Waals surface area contributed by atoms with Crippen LogP contribution in [0.5, 0.6) is 0 Å². The first-order valence-corrected chi connectivity index (χ1v) is 6.76. The number of ether oxygens (including phenoxy) is 3. The predicted molar refractivity (Wildman–Crippen MR) is 71.7 cm³/mol. The summed E-state index contributed by atoms with van der Waals surface area (Å²) in [5.41, 5.74) is 0. The zero-order valence-corrected chi connectivity index (χ0v) is 12.4. The number of nitrogens with one attached hydrogen (secondary N) is 1. The van der Waals surface area contributed by atoms with Crippen molar-refractivity contribution in [2.24, 2.45) is 5.92 Å². The van der Waals surface area contributed by atoms with Gasteiger partial charge in [-0.1, -0.05) is 13.8 Å². The van der Waals surface area contributed by atoms with Crippen molar-refractivity contribution in [3.63, 3.8) is 0 Å². The first-order valence-electron chi connectivity index (χ1n) is 6.76. The lowest BCUT2D eigenvalue weighted by Crippen LogP contribution is -2.29. The van der Waals surface area contributed by atoms with Crippen molar-refractivity contribution in [3.8, 4) is 0 Å². The van der Waals surface area contributed by atoms with Crippen molar-refractivity contribution in [1.29, 1.82) is 0 Å². The Morgan fingerprint density at radius 2 is 1.62 bits per heavy atom. The lowest BCUT2D eigenvalue weighted by atomic mass is 10.1. The van der Waals surface area contributed by atoms with Gasteiger partial charge in [0.15, 0.2) is 5.78 Å². The number of alkyl halides is 1. The van der Waals surface area contributed by atoms with E-state index in [1.54, 1.807) is 19.2 Å². The van der Waals surface area contributed by atoms with Crippen LogP contribution < -0.4 is 5.32 Å². The van der Waals surface area contributed by atoms with E-state index in [1.165, 1.54) is 0 Å². The lowest BCUT2D eigenvalue weighted by Gasteiger charge is -2.09. The van der Waals surface area contributed by atoms with Gasteiger partial charge in [0.2, 0.25) is 0 Å². The van der Waals surface area contributed by atoms with Crippen molar-refractivity contribution in [3.05, 3.63) is 0 Å². The summed E-state index contributed by atoms with van der Waals surface area (Å²) in [7, 11) is 0. The minimum atomic E-state index is -1.77. The van der Waals surface area contributed by atoms with Gasteiger partial charge in [-0.3, -0.25) is 4.79 Å². The van der Waals surface area contributed by atoms with Crippen molar-refractivity contribution in [1.82, 2.24) is 5.32 Å². The monoisotopic (exact) mass is 311 g/mol. The minimum absolute atomic E-state index is 0.0349. The highest BCUT2D eigenvalue weighted by molar-refractivity contribution is 5.81. The molecule has 1 unspecified atom stereocenters. The second kappa shape index (κ2) is 12.6. The molecule has 1 N–H and O–H groups in total. The molecule has 0 fully saturated rings. The number of Topliss-reactive ketones (excluding diaryl/α,β-unsaturated/α-hetero) is 1. The van der Waals surface area contributed by atoms with Crippen molar-refractivity contribution in [2.75, 3.05) is 46.2 Å². The molecule has 0 aliphatic rings. The number of hydrogen-bond acceptors (Lipinski definition) is 5. The van der Waals surface area contributed by atoms with Crippen LogP contribution in [0.3, 0.4) is 0 Å². The van der Waals surface area contributed by atoms with Gasteiger partial charge in [0.1, 0.15) is 12.8 Å². The standard InChI is InChI=1S/C13H23F2NO5/c1-10(2)12(17)9-21-6-4-19-3-5-20-8-11(14)7-16-13(15)18/h10-11H,3-9H2,1-2H3,(H,16,18). The van der Waals surface area contributed by atoms with Gasteiger partial charge in [-0.15, -0.1) is 4.39 Å². The van der Waals surface area contributed by atoms with Gasteiger partial charge in [0.05, 0.1) is 39.6 Å². The SMILES string of the molecule is CC(C)C(=O)COCCOCCOCC(F)CNC(=O)F. The fraction of sp³-hybridized carbons (Fsp3) is 0.846. The van der Waals surface area contributed by atoms with Crippen LogP contribution in [-0.2, 0) is 19.0 Å². The summed E-state index contributed by atoms with van der Waals surface area (Å²) in [5.74, 6) is -0.0113. The van der Waals surface area contributed by atoms with Crippen LogP contribution in [0.15, 0.2) is 0 Å². The molecule has 124 valence electrons. The molecule has 0 rings (SSSR count). The van der Waals surface area contributed by atoms with E-state index in [9.17, 15) is 18.4 Å². The van der Waals surface area contributed by atoms with Gasteiger partial charge in [-0.05, 0) is 0 Å². The lowest BCUT2D eigenvalue weighted by molar-refractivity contribution is -0.127. The maximum atomic E-state index is 13.0. The number of amides is 1. The molecule has 0 saturated carbocycles. The molecule has 0 aromatic heterocycles. The fourth-order valence-corrected chi connectivity index (χ4v) is 1.14. The molecule has 1 atom stereocenters. The minimum Gasteiger partial charge on any atom is -0.377 e. The molecule has 0 aromatic carbocycles. The van der Waals surface area contributed by atoms with Crippen LogP contribution in [0.4, 0.5) is 13.6 Å². The van der Waals surface area contributed by atoms with E-state index in [-0.39, 0.29) is 38.1 Å². The second-order valence-corrected chi connectivity index (χ2v) is 4.61. The summed E-state index contributed by atoms with van der Waals surface area (Å²) >= 11 is 0. The van der Waals surface area contributed by atoms with E-state index >= 15 is 0 Å². The number of hydrogen-bond donors (Lipinski definition) is 1. The van der Waals surface area contributed by atoms with Gasteiger partial charge in [0.25, 0.3) is 0 Å². The van der Waals surface area contributed by atoms with Crippen LogP contribution in [0, 0.1) is 5.92 Å². The van der Waals surface area contributed by atoms with E-state index in [2.05, 4.69) is 0 Å². The molecule has 0 aliphatic carbocycles. The molecule has 0 radical (unpaired) electrons. The average molecular weight is 311 g/mol. The number of ketones is 1. The molecule has 0 aliphatic heterocycles. The van der Waals surface area contributed by atoms with Crippen LogP contribution in [0.2, 0.25) is 0 Å². The Hall–Kier alpha value is -1.12. The third kappa shape index (κ3) is 13.6. The van der Waals surface area contributed by atoms with Crippen LogP contribution >= 0.6 is 0 Å². The number of carbonyl (C=O) groups is 2. The van der Waals surface area contributed by atoms with Crippen molar-refractivity contribution < 1.29 is 32.6 Å². The quantitative estimate of drug-likeness (QED) is 0.315. The van der Waals surface area contributed by atoms with Crippen LogP contribution in [0.1, 0.15) is 13.8 Å². The summed E-state index contributed by atoms with van der Waals surface area (Å²) in [6.07, 6.45) is -3.23. The Balaban J connectivity index is 3.26. The van der Waals surface area contributed by atoms with E-state index < -0.39 is 18.9 Å². The van der Waals surface area contributed by atoms with Gasteiger partial charge in [0, 0.05) is 5.92 Å². The fourth-order valence-electron chi connectivity index (χ4n) is 1.14. The smallest absolute Gasteiger partial charge is 0.377 e. The highest BCUT2D eigenvalue weighted by atomic mass is 19.1. The number of carbonyl (C=O) groups excluding carboxylic acids is 2. The molecule has 0 heterocycles. The van der Waals surface area contributed by atoms with Gasteiger partial charge in [-0.2, -0.15) is 0 Å². The predicted octanol–water partition coefficient (Wildman–Crippen LogP) is 1.28. The molecule has 0 bridgehead atoms. The van der Waals surface area contributed by atoms with Gasteiger partial charge >= 0.3 is 6.16 Å². The third-order valence-electron chi connectivity index (χ3n) is 2.39. The maximum absolute atomic E-state index is 13.0. The first kappa shape index (κ1) is 19.9. The van der Waals surface area contributed by atoms with Crippen molar-refractivity contribution >= 4 is 11.9 Å². The van der Waals surface area contributed by atoms with Crippen LogP contribution in [0.25, 0.3) is 0 Å². The molecular formula is C13H23F2NO5. The Kier molecular flexibility index (Phi) is 11.9. The largest absolute Gasteiger partial charge is 0.397 e. The Bertz CT molecular complexity index is 302. The zero-order chi connectivity index (χ0) is 16.1. The maximum Gasteiger partial charge on any atom is 0.397 e. The van der Waals surface area contributed by atoms with E-state index in [1.807, 2.05) is 0 Å². The topological polar surface area (TPSA) is 73.9 Å². The molecule has 8 heteroatoms. The molecule has 0 saturated heterocycles. The zero-order valence-electron chi connectivity index (χ0n) is 12.4. The average Bonchev–Trinajstić information content (AvgIpc) is 2.42. The Morgan fingerprint density at radius 1 is 1.05 bits per heavy atom. The molecule has 21 heavy (non-hydrogen) atoms. The van der Waals surface area contributed by atoms with E-state index in [0.717, 1.165) is 0 Å². The van der Waals surface area contributed by atoms with Crippen molar-refractivity contribution in [2.45, 2.75) is 20.0 Å². The number of rotatable bonds is 13. The summed E-state index contributed by atoms with van der Waals surface area (Å²) < 4.78 is 39.9. The molecule has 6 nitrogen and oxygen atoms in total. The van der Waals surface area contributed by atoms with E-state index in [0.29, 0.717) is 13.2 Å². The summed E-state index contributed by atoms with van der Waals surface area (Å²) in [6, 6.07) is 0. The summed E-state index contributed by atoms with van der Waals surface area (Å²) in [5, 5.41) is 1.70. The Morgan fingerprint density at radius 3 is 2.19 bits per heavy atom. The highest BCUT2D eigenvalue weighted by Gasteiger charge is 2.08. The van der Waals surface area contributed by atoms with E-state index in [4.69, 9.17) is 14.2 Å². The molecule has 1 amide bonds. The molecular weight excluding hydrogens is 288 g/mol. The van der Waals surface area contributed by atoms with Crippen LogP contribution in [-0.4, -0.2) is 64.3 Å². The molecule has 0 spiro atoms. The Labute approximate surface area is 123 Å². The first-order chi connectivity index (χ1) is 9.93. The summed E-state index contributed by atoms with van der Waals surface area (Å²) in [4.78, 5) is 21.1. The van der Waals surface area contributed by atoms with Gasteiger partial charge in [-0.25, -0.2) is 9.18 Å². The highest BCUT2D eigenvalue weighted by Crippen LogP contribution is 1.94. The molecule has 0 aromatic rings. The second-order valence-electron chi connectivity index (χ2n) is 4.61. The summed E-state index contributed by atoms with van der Waals surface area (Å²) in [6.45, 7) is 4.04.